The van der Waals surface area contributed by atoms with E-state index < -0.39 is 0 Å². The third kappa shape index (κ3) is 3.72. The van der Waals surface area contributed by atoms with Gasteiger partial charge in [-0.25, -0.2) is 0 Å². The van der Waals surface area contributed by atoms with Crippen LogP contribution in [-0.2, 0) is 4.43 Å². The van der Waals surface area contributed by atoms with E-state index in [1.54, 1.807) is 0 Å². The molecule has 0 aliphatic rings. The predicted octanol–water partition coefficient (Wildman–Crippen LogP) is 2.28. The van der Waals surface area contributed by atoms with Crippen LogP contribution in [0.15, 0.2) is 0 Å². The summed E-state index contributed by atoms with van der Waals surface area (Å²) < 4.78 is 5.21. The van der Waals surface area contributed by atoms with Gasteiger partial charge in [-0.15, -0.1) is 0 Å². The number of hydrogen-bond acceptors (Lipinski definition) is 1. The van der Waals surface area contributed by atoms with Gasteiger partial charge in [0.15, 0.2) is 0 Å². The van der Waals surface area contributed by atoms with E-state index in [-0.39, 0.29) is 0 Å². The van der Waals surface area contributed by atoms with Gasteiger partial charge in [0.05, 0.1) is 0 Å². The predicted molar refractivity (Wildman–Crippen MR) is 58.4 cm³/mol. The largest absolute Gasteiger partial charge is 0.428 e. The minimum absolute atomic E-state index is 0.611. The van der Waals surface area contributed by atoms with E-state index in [4.69, 9.17) is 4.43 Å². The molecule has 0 N–H and O–H groups in total. The average molecular weight is 188 g/mol. The van der Waals surface area contributed by atoms with Crippen molar-refractivity contribution < 1.29 is 4.43 Å². The lowest BCUT2D eigenvalue weighted by Gasteiger charge is -2.30. The van der Waals surface area contributed by atoms with Gasteiger partial charge in [-0.05, 0) is 18.3 Å². The van der Waals surface area contributed by atoms with Crippen molar-refractivity contribution in [3.8, 4) is 0 Å². The van der Waals surface area contributed by atoms with Crippen LogP contribution in [0.3, 0.4) is 0 Å². The van der Waals surface area contributed by atoms with Crippen molar-refractivity contribution in [2.75, 3.05) is 6.61 Å². The number of rotatable bonds is 7. The van der Waals surface area contributed by atoms with Crippen LogP contribution >= 0.6 is 0 Å². The van der Waals surface area contributed by atoms with Gasteiger partial charge >= 0.3 is 0 Å². The van der Waals surface area contributed by atoms with Gasteiger partial charge < -0.3 is 4.43 Å². The van der Waals surface area contributed by atoms with Gasteiger partial charge in [-0.3, -0.25) is 0 Å². The molecule has 74 valence electrons. The fraction of sp³-hybridized carbons (Fsp3) is 1.00. The maximum atomic E-state index is 5.21. The second kappa shape index (κ2) is 6.67. The van der Waals surface area contributed by atoms with Gasteiger partial charge in [0.1, 0.15) is 10.5 Å². The van der Waals surface area contributed by atoms with Crippen LogP contribution in [0.25, 0.3) is 0 Å². The Balaban J connectivity index is 3.76. The van der Waals surface area contributed by atoms with Crippen molar-refractivity contribution >= 4 is 10.5 Å². The maximum absolute atomic E-state index is 5.21. The quantitative estimate of drug-likeness (QED) is 0.440. The highest BCUT2D eigenvalue weighted by molar-refractivity contribution is 5.97. The normalized spacial score (nSPS) is 12.2. The van der Waals surface area contributed by atoms with Gasteiger partial charge in [0.25, 0.3) is 0 Å². The summed E-state index contributed by atoms with van der Waals surface area (Å²) >= 11 is 0. The summed E-state index contributed by atoms with van der Waals surface area (Å²) in [5.74, 6) is 0. The molecule has 0 amide bonds. The van der Waals surface area contributed by atoms with E-state index >= 15 is 0 Å². The van der Waals surface area contributed by atoms with E-state index in [0.29, 0.717) is 5.41 Å². The van der Waals surface area contributed by atoms with Crippen molar-refractivity contribution in [2.45, 2.75) is 52.9 Å². The van der Waals surface area contributed by atoms with Crippen LogP contribution in [-0.4, -0.2) is 17.1 Å². The summed E-state index contributed by atoms with van der Waals surface area (Å²) in [5.41, 5.74) is 0.611. The standard InChI is InChI=1S/C10H24OSi/c1-4-10(5-2,6-3)8-7-9-11-12/h4-9H2,1-3,12H3. The molecule has 1 nitrogen and oxygen atoms in total. The summed E-state index contributed by atoms with van der Waals surface area (Å²) in [7, 11) is 0.895. The lowest BCUT2D eigenvalue weighted by Crippen LogP contribution is -2.18. The van der Waals surface area contributed by atoms with Gasteiger partial charge in [-0.1, -0.05) is 40.0 Å². The smallest absolute Gasteiger partial charge is 0.145 e. The molecule has 0 heterocycles. The van der Waals surface area contributed by atoms with Crippen molar-refractivity contribution in [1.82, 2.24) is 0 Å². The first-order valence-corrected chi connectivity index (χ1v) is 6.05. The molecule has 2 heteroatoms. The zero-order valence-electron chi connectivity index (χ0n) is 9.15. The first-order chi connectivity index (χ1) is 5.74. The van der Waals surface area contributed by atoms with Crippen LogP contribution in [0.1, 0.15) is 52.9 Å². The van der Waals surface area contributed by atoms with Crippen LogP contribution < -0.4 is 0 Å². The third-order valence-corrected chi connectivity index (χ3v) is 3.71. The van der Waals surface area contributed by atoms with Gasteiger partial charge in [0, 0.05) is 6.61 Å². The SMILES string of the molecule is CCC(CC)(CC)CCCO[SiH3]. The molecule has 0 unspecified atom stereocenters. The van der Waals surface area contributed by atoms with E-state index in [1.807, 2.05) is 0 Å². The second-order valence-corrected chi connectivity index (χ2v) is 4.23. The van der Waals surface area contributed by atoms with Crippen molar-refractivity contribution in [2.24, 2.45) is 5.41 Å². The van der Waals surface area contributed by atoms with Crippen LogP contribution in [0.5, 0.6) is 0 Å². The minimum Gasteiger partial charge on any atom is -0.428 e. The number of hydrogen-bond donors (Lipinski definition) is 0. The fourth-order valence-corrected chi connectivity index (χ4v) is 2.16. The van der Waals surface area contributed by atoms with Gasteiger partial charge in [0.2, 0.25) is 0 Å². The van der Waals surface area contributed by atoms with E-state index in [0.717, 1.165) is 17.1 Å². The fourth-order valence-electron chi connectivity index (χ4n) is 1.87. The summed E-state index contributed by atoms with van der Waals surface area (Å²) in [6.07, 6.45) is 6.56. The molecule has 12 heavy (non-hydrogen) atoms. The van der Waals surface area contributed by atoms with Crippen molar-refractivity contribution in [1.29, 1.82) is 0 Å². The lowest BCUT2D eigenvalue weighted by molar-refractivity contribution is 0.202. The Morgan fingerprint density at radius 3 is 1.92 bits per heavy atom. The first kappa shape index (κ1) is 12.2. The molecule has 0 aromatic rings. The maximum Gasteiger partial charge on any atom is 0.145 e. The molecule has 0 aromatic heterocycles. The highest BCUT2D eigenvalue weighted by Crippen LogP contribution is 2.35. The molecular formula is C10H24OSi. The Bertz CT molecular complexity index is 91.7. The van der Waals surface area contributed by atoms with E-state index in [1.165, 1.54) is 32.1 Å². The summed E-state index contributed by atoms with van der Waals surface area (Å²) in [6, 6.07) is 0. The van der Waals surface area contributed by atoms with Crippen molar-refractivity contribution in [3.05, 3.63) is 0 Å². The van der Waals surface area contributed by atoms with E-state index in [9.17, 15) is 0 Å². The Morgan fingerprint density at radius 2 is 1.58 bits per heavy atom. The molecule has 0 rings (SSSR count). The third-order valence-electron chi connectivity index (χ3n) is 3.31. The van der Waals surface area contributed by atoms with Crippen LogP contribution in [0.2, 0.25) is 0 Å². The van der Waals surface area contributed by atoms with Crippen molar-refractivity contribution in [3.63, 3.8) is 0 Å². The zero-order chi connectivity index (χ0) is 9.45. The molecule has 0 radical (unpaired) electrons. The van der Waals surface area contributed by atoms with E-state index in [2.05, 4.69) is 20.8 Å². The Hall–Kier alpha value is 0.177. The Morgan fingerprint density at radius 1 is 1.08 bits per heavy atom. The summed E-state index contributed by atoms with van der Waals surface area (Å²) in [4.78, 5) is 0. The van der Waals surface area contributed by atoms with Crippen LogP contribution in [0, 0.1) is 5.41 Å². The summed E-state index contributed by atoms with van der Waals surface area (Å²) in [6.45, 7) is 7.92. The molecule has 0 saturated carbocycles. The average Bonchev–Trinajstić information content (AvgIpc) is 2.14. The molecule has 0 aliphatic carbocycles. The molecule has 0 fully saturated rings. The molecule has 0 atom stereocenters. The Kier molecular flexibility index (Phi) is 6.77. The highest BCUT2D eigenvalue weighted by atomic mass is 28.2. The molecular weight excluding hydrogens is 164 g/mol. The summed E-state index contributed by atoms with van der Waals surface area (Å²) in [5, 5.41) is 0. The first-order valence-electron chi connectivity index (χ1n) is 5.23. The topological polar surface area (TPSA) is 9.23 Å². The highest BCUT2D eigenvalue weighted by Gasteiger charge is 2.22. The second-order valence-electron chi connectivity index (χ2n) is 3.66. The Labute approximate surface area is 80.4 Å². The van der Waals surface area contributed by atoms with Gasteiger partial charge in [-0.2, -0.15) is 0 Å². The minimum atomic E-state index is 0.611. The lowest BCUT2D eigenvalue weighted by atomic mass is 9.76. The molecule has 0 aliphatic heterocycles. The molecule has 0 saturated heterocycles. The molecule has 0 spiro atoms. The molecule has 0 bridgehead atoms. The van der Waals surface area contributed by atoms with Crippen LogP contribution in [0.4, 0.5) is 0 Å². The zero-order valence-corrected chi connectivity index (χ0v) is 11.2. The molecule has 0 aromatic carbocycles. The monoisotopic (exact) mass is 188 g/mol.